The largest absolute Gasteiger partial charge is 0.392 e. The number of aliphatic hydroxyl groups is 1. The Labute approximate surface area is 68.2 Å². The molecule has 0 aromatic carbocycles. The zero-order valence-corrected chi connectivity index (χ0v) is 7.19. The fourth-order valence-electron chi connectivity index (χ4n) is 1.45. The quantitative estimate of drug-likeness (QED) is 0.519. The monoisotopic (exact) mass is 160 g/mol. The van der Waals surface area contributed by atoms with Crippen LogP contribution in [0.1, 0.15) is 38.5 Å². The molecular weight excluding hydrogens is 144 g/mol. The van der Waals surface area contributed by atoms with E-state index in [1.807, 2.05) is 0 Å². The summed E-state index contributed by atoms with van der Waals surface area (Å²) in [6, 6.07) is 0. The molecule has 1 N–H and O–H groups in total. The first kappa shape index (κ1) is 8.41. The van der Waals surface area contributed by atoms with Crippen LogP contribution < -0.4 is 0 Å². The molecular formula is C8H16OS. The second kappa shape index (κ2) is 4.24. The van der Waals surface area contributed by atoms with Crippen molar-refractivity contribution in [1.82, 2.24) is 0 Å². The molecule has 0 spiro atoms. The molecule has 0 amide bonds. The third-order valence-corrected chi connectivity index (χ3v) is 2.80. The predicted octanol–water partition coefficient (Wildman–Crippen LogP) is 2.00. The van der Waals surface area contributed by atoms with Crippen molar-refractivity contribution >= 4 is 12.6 Å². The summed E-state index contributed by atoms with van der Waals surface area (Å²) in [6.07, 6.45) is 6.92. The molecule has 2 atom stereocenters. The Hall–Kier alpha value is 0.310. The van der Waals surface area contributed by atoms with Gasteiger partial charge in [0.15, 0.2) is 0 Å². The molecule has 1 saturated carbocycles. The van der Waals surface area contributed by atoms with E-state index in [4.69, 9.17) is 0 Å². The van der Waals surface area contributed by atoms with Crippen LogP contribution in [0.15, 0.2) is 0 Å². The van der Waals surface area contributed by atoms with E-state index in [-0.39, 0.29) is 11.4 Å². The average Bonchev–Trinajstić information content (AvgIpc) is 1.92. The number of thiol groups is 1. The Morgan fingerprint density at radius 3 is 2.30 bits per heavy atom. The molecule has 1 nitrogen and oxygen atoms in total. The number of hydrogen-bond acceptors (Lipinski definition) is 2. The van der Waals surface area contributed by atoms with Crippen LogP contribution in [-0.4, -0.2) is 16.5 Å². The molecule has 0 aliphatic heterocycles. The lowest BCUT2D eigenvalue weighted by molar-refractivity contribution is 0.148. The maximum absolute atomic E-state index is 9.41. The molecule has 1 aliphatic carbocycles. The molecule has 10 heavy (non-hydrogen) atoms. The average molecular weight is 160 g/mol. The van der Waals surface area contributed by atoms with Gasteiger partial charge in [-0.1, -0.05) is 25.7 Å². The highest BCUT2D eigenvalue weighted by molar-refractivity contribution is 7.81. The van der Waals surface area contributed by atoms with Gasteiger partial charge >= 0.3 is 0 Å². The summed E-state index contributed by atoms with van der Waals surface area (Å²) < 4.78 is 0. The fraction of sp³-hybridized carbons (Fsp3) is 1.00. The van der Waals surface area contributed by atoms with E-state index in [0.717, 1.165) is 12.8 Å². The molecule has 0 heterocycles. The van der Waals surface area contributed by atoms with Gasteiger partial charge in [-0.15, -0.1) is 0 Å². The van der Waals surface area contributed by atoms with Crippen LogP contribution in [0.3, 0.4) is 0 Å². The number of aliphatic hydroxyl groups excluding tert-OH is 1. The fourth-order valence-corrected chi connectivity index (χ4v) is 1.78. The van der Waals surface area contributed by atoms with Gasteiger partial charge in [0.25, 0.3) is 0 Å². The maximum atomic E-state index is 9.41. The molecule has 1 rings (SSSR count). The predicted molar refractivity (Wildman–Crippen MR) is 46.5 cm³/mol. The van der Waals surface area contributed by atoms with Crippen LogP contribution in [0.5, 0.6) is 0 Å². The van der Waals surface area contributed by atoms with Gasteiger partial charge in [0, 0.05) is 5.25 Å². The molecule has 0 bridgehead atoms. The van der Waals surface area contributed by atoms with Crippen LogP contribution in [0.25, 0.3) is 0 Å². The van der Waals surface area contributed by atoms with Crippen molar-refractivity contribution < 1.29 is 5.11 Å². The van der Waals surface area contributed by atoms with Gasteiger partial charge in [-0.05, 0) is 12.8 Å². The number of hydrogen-bond donors (Lipinski definition) is 2. The summed E-state index contributed by atoms with van der Waals surface area (Å²) in [5, 5.41) is 9.64. The second-order valence-electron chi connectivity index (χ2n) is 3.13. The maximum Gasteiger partial charge on any atom is 0.0656 e. The van der Waals surface area contributed by atoms with Crippen molar-refractivity contribution in [2.75, 3.05) is 0 Å². The summed E-state index contributed by atoms with van der Waals surface area (Å²) in [7, 11) is 0. The third-order valence-electron chi connectivity index (χ3n) is 2.19. The first-order valence-electron chi connectivity index (χ1n) is 4.17. The van der Waals surface area contributed by atoms with E-state index in [1.54, 1.807) is 0 Å². The molecule has 0 saturated heterocycles. The molecule has 60 valence electrons. The first-order chi connectivity index (χ1) is 4.80. The highest BCUT2D eigenvalue weighted by atomic mass is 32.1. The van der Waals surface area contributed by atoms with E-state index >= 15 is 0 Å². The minimum atomic E-state index is -0.149. The van der Waals surface area contributed by atoms with Crippen LogP contribution in [0.2, 0.25) is 0 Å². The molecule has 0 aromatic rings. The number of rotatable bonds is 0. The van der Waals surface area contributed by atoms with E-state index < -0.39 is 0 Å². The molecule has 1 aliphatic rings. The van der Waals surface area contributed by atoms with E-state index in [9.17, 15) is 5.11 Å². The van der Waals surface area contributed by atoms with Crippen molar-refractivity contribution in [3.05, 3.63) is 0 Å². The lowest BCUT2D eigenvalue weighted by Gasteiger charge is -2.20. The van der Waals surface area contributed by atoms with Crippen molar-refractivity contribution in [3.63, 3.8) is 0 Å². The SMILES string of the molecule is O[C@H]1CCCCCC[C@@H]1S. The smallest absolute Gasteiger partial charge is 0.0656 e. The third kappa shape index (κ3) is 2.51. The minimum absolute atomic E-state index is 0.149. The van der Waals surface area contributed by atoms with Crippen LogP contribution >= 0.6 is 12.6 Å². The molecule has 2 heteroatoms. The molecule has 0 aromatic heterocycles. The van der Waals surface area contributed by atoms with Gasteiger partial charge in [0.1, 0.15) is 0 Å². The van der Waals surface area contributed by atoms with Crippen molar-refractivity contribution in [1.29, 1.82) is 0 Å². The lowest BCUT2D eigenvalue weighted by atomic mass is 9.98. The van der Waals surface area contributed by atoms with Gasteiger partial charge < -0.3 is 5.11 Å². The van der Waals surface area contributed by atoms with E-state index in [0.29, 0.717) is 0 Å². The summed E-state index contributed by atoms with van der Waals surface area (Å²) in [5.74, 6) is 0. The van der Waals surface area contributed by atoms with Crippen molar-refractivity contribution in [2.45, 2.75) is 49.9 Å². The Kier molecular flexibility index (Phi) is 3.57. The van der Waals surface area contributed by atoms with E-state index in [2.05, 4.69) is 12.6 Å². The van der Waals surface area contributed by atoms with Gasteiger partial charge in [0.2, 0.25) is 0 Å². The van der Waals surface area contributed by atoms with Crippen molar-refractivity contribution in [3.8, 4) is 0 Å². The Morgan fingerprint density at radius 2 is 1.60 bits per heavy atom. The standard InChI is InChI=1S/C8H16OS/c9-7-5-3-1-2-4-6-8(7)10/h7-10H,1-6H2/t7-,8-/m0/s1. The summed E-state index contributed by atoms with van der Waals surface area (Å²) in [5.41, 5.74) is 0. The highest BCUT2D eigenvalue weighted by Gasteiger charge is 2.15. The van der Waals surface area contributed by atoms with E-state index in [1.165, 1.54) is 25.7 Å². The zero-order chi connectivity index (χ0) is 7.40. The van der Waals surface area contributed by atoms with Crippen LogP contribution in [0, 0.1) is 0 Å². The summed E-state index contributed by atoms with van der Waals surface area (Å²) in [4.78, 5) is 0. The Balaban J connectivity index is 2.28. The summed E-state index contributed by atoms with van der Waals surface area (Å²) in [6.45, 7) is 0. The minimum Gasteiger partial charge on any atom is -0.392 e. The van der Waals surface area contributed by atoms with Gasteiger partial charge in [-0.3, -0.25) is 0 Å². The van der Waals surface area contributed by atoms with Crippen LogP contribution in [0.4, 0.5) is 0 Å². The van der Waals surface area contributed by atoms with Gasteiger partial charge in [-0.25, -0.2) is 0 Å². The molecule has 0 unspecified atom stereocenters. The van der Waals surface area contributed by atoms with Gasteiger partial charge in [-0.2, -0.15) is 12.6 Å². The molecule has 1 fully saturated rings. The van der Waals surface area contributed by atoms with Gasteiger partial charge in [0.05, 0.1) is 6.10 Å². The lowest BCUT2D eigenvalue weighted by Crippen LogP contribution is -2.21. The van der Waals surface area contributed by atoms with Crippen molar-refractivity contribution in [2.24, 2.45) is 0 Å². The van der Waals surface area contributed by atoms with Crippen LogP contribution in [-0.2, 0) is 0 Å². The second-order valence-corrected chi connectivity index (χ2v) is 3.79. The highest BCUT2D eigenvalue weighted by Crippen LogP contribution is 2.20. The zero-order valence-electron chi connectivity index (χ0n) is 6.29. The summed E-state index contributed by atoms with van der Waals surface area (Å²) >= 11 is 4.32. The normalized spacial score (nSPS) is 36.6. The molecule has 0 radical (unpaired) electrons. The topological polar surface area (TPSA) is 20.2 Å². The Morgan fingerprint density at radius 1 is 1.00 bits per heavy atom. The first-order valence-corrected chi connectivity index (χ1v) is 4.68. The Bertz CT molecular complexity index is 83.3.